The van der Waals surface area contributed by atoms with E-state index < -0.39 is 18.1 Å². The zero-order valence-electron chi connectivity index (χ0n) is 13.5. The molecule has 5 nitrogen and oxygen atoms in total. The van der Waals surface area contributed by atoms with E-state index in [2.05, 4.69) is 30.2 Å². The van der Waals surface area contributed by atoms with Gasteiger partial charge in [0.2, 0.25) is 5.91 Å². The van der Waals surface area contributed by atoms with Gasteiger partial charge >= 0.3 is 0 Å². The van der Waals surface area contributed by atoms with Crippen molar-refractivity contribution in [3.05, 3.63) is 12.2 Å². The molecule has 0 aromatic rings. The molecule has 2 aliphatic rings. The summed E-state index contributed by atoms with van der Waals surface area (Å²) in [6.45, 7) is 13.1. The molecular weight excluding hydrogens is 266 g/mol. The van der Waals surface area contributed by atoms with Gasteiger partial charge in [0.15, 0.2) is 0 Å². The standard InChI is InChI=1S/C16H29N3O2/c1-5-11(3)14-16(8-7-9-18(16)6-2)10-19(14)13(12(4)20)15(17)21/h12-14,20H,3,5-10H2,1-2,4H3,(H2,17,21)/t12-,13+,14?,16?/m1/s1. The molecule has 2 saturated heterocycles. The predicted molar refractivity (Wildman–Crippen MR) is 83.8 cm³/mol. The molecule has 2 heterocycles. The number of hydrogen-bond donors (Lipinski definition) is 2. The maximum atomic E-state index is 11.8. The van der Waals surface area contributed by atoms with Crippen LogP contribution in [0.2, 0.25) is 0 Å². The monoisotopic (exact) mass is 295 g/mol. The number of hydrogen-bond acceptors (Lipinski definition) is 4. The van der Waals surface area contributed by atoms with Crippen LogP contribution in [0.3, 0.4) is 0 Å². The fourth-order valence-electron chi connectivity index (χ4n) is 4.35. The van der Waals surface area contributed by atoms with Gasteiger partial charge in [0.05, 0.1) is 17.7 Å². The number of carbonyl (C=O) groups excluding carboxylic acids is 1. The number of nitrogens with zero attached hydrogens (tertiary/aromatic N) is 2. The number of likely N-dealkylation sites (N-methyl/N-ethyl adjacent to an activating group) is 1. The van der Waals surface area contributed by atoms with Crippen LogP contribution in [0, 0.1) is 0 Å². The van der Waals surface area contributed by atoms with E-state index in [1.807, 2.05) is 0 Å². The number of aliphatic hydroxyl groups is 1. The van der Waals surface area contributed by atoms with E-state index in [-0.39, 0.29) is 11.6 Å². The Morgan fingerprint density at radius 3 is 2.67 bits per heavy atom. The smallest absolute Gasteiger partial charge is 0.237 e. The first-order chi connectivity index (χ1) is 9.89. The Hall–Kier alpha value is -0.910. The van der Waals surface area contributed by atoms with Gasteiger partial charge in [0.1, 0.15) is 6.04 Å². The summed E-state index contributed by atoms with van der Waals surface area (Å²) in [4.78, 5) is 16.3. The van der Waals surface area contributed by atoms with Gasteiger partial charge in [-0.05, 0) is 39.3 Å². The van der Waals surface area contributed by atoms with Crippen molar-refractivity contribution < 1.29 is 9.90 Å². The minimum absolute atomic E-state index is 0.0877. The highest BCUT2D eigenvalue weighted by Gasteiger charge is 2.60. The van der Waals surface area contributed by atoms with Gasteiger partial charge in [-0.25, -0.2) is 0 Å². The number of likely N-dealkylation sites (tertiary alicyclic amines) is 2. The molecule has 0 saturated carbocycles. The molecule has 2 aliphatic heterocycles. The lowest BCUT2D eigenvalue weighted by molar-refractivity contribution is -0.147. The van der Waals surface area contributed by atoms with Gasteiger partial charge < -0.3 is 10.8 Å². The molecule has 2 unspecified atom stereocenters. The van der Waals surface area contributed by atoms with Crippen LogP contribution < -0.4 is 5.73 Å². The Kier molecular flexibility index (Phi) is 4.76. The molecule has 0 aliphatic carbocycles. The lowest BCUT2D eigenvalue weighted by Crippen LogP contribution is -2.78. The maximum absolute atomic E-state index is 11.8. The number of primary amides is 1. The normalized spacial score (nSPS) is 32.9. The number of aliphatic hydroxyl groups excluding tert-OH is 1. The summed E-state index contributed by atoms with van der Waals surface area (Å²) in [6.07, 6.45) is 2.44. The second kappa shape index (κ2) is 6.07. The predicted octanol–water partition coefficient (Wildman–Crippen LogP) is 0.726. The first-order valence-corrected chi connectivity index (χ1v) is 8.04. The van der Waals surface area contributed by atoms with E-state index in [0.717, 1.165) is 38.0 Å². The molecule has 4 atom stereocenters. The van der Waals surface area contributed by atoms with Gasteiger partial charge in [-0.15, -0.1) is 0 Å². The SMILES string of the molecule is C=C(CC)C1N([C@H](C(N)=O)[C@@H](C)O)CC12CCCN2CC. The molecule has 5 heteroatoms. The third-order valence-electron chi connectivity index (χ3n) is 5.29. The van der Waals surface area contributed by atoms with Crippen molar-refractivity contribution in [2.75, 3.05) is 19.6 Å². The van der Waals surface area contributed by atoms with Crippen LogP contribution in [-0.2, 0) is 4.79 Å². The Morgan fingerprint density at radius 1 is 1.52 bits per heavy atom. The summed E-state index contributed by atoms with van der Waals surface area (Å²) in [5, 5.41) is 9.96. The van der Waals surface area contributed by atoms with E-state index in [1.165, 1.54) is 6.42 Å². The molecule has 120 valence electrons. The summed E-state index contributed by atoms with van der Waals surface area (Å²) >= 11 is 0. The highest BCUT2D eigenvalue weighted by Crippen LogP contribution is 2.47. The van der Waals surface area contributed by atoms with Crippen LogP contribution in [0.15, 0.2) is 12.2 Å². The number of nitrogens with two attached hydrogens (primary N) is 1. The van der Waals surface area contributed by atoms with Crippen molar-refractivity contribution in [3.63, 3.8) is 0 Å². The Labute approximate surface area is 127 Å². The topological polar surface area (TPSA) is 69.8 Å². The summed E-state index contributed by atoms with van der Waals surface area (Å²) < 4.78 is 0. The van der Waals surface area contributed by atoms with Crippen LogP contribution in [0.25, 0.3) is 0 Å². The first-order valence-electron chi connectivity index (χ1n) is 8.04. The van der Waals surface area contributed by atoms with Crippen molar-refractivity contribution in [1.82, 2.24) is 9.80 Å². The minimum Gasteiger partial charge on any atom is -0.391 e. The third kappa shape index (κ3) is 2.51. The van der Waals surface area contributed by atoms with Crippen molar-refractivity contribution in [2.24, 2.45) is 5.73 Å². The van der Waals surface area contributed by atoms with Gasteiger partial charge in [0, 0.05) is 6.54 Å². The number of rotatable bonds is 6. The summed E-state index contributed by atoms with van der Waals surface area (Å²) in [5.41, 5.74) is 6.74. The quantitative estimate of drug-likeness (QED) is 0.709. The lowest BCUT2D eigenvalue weighted by Gasteiger charge is -2.62. The zero-order valence-corrected chi connectivity index (χ0v) is 13.5. The van der Waals surface area contributed by atoms with E-state index in [4.69, 9.17) is 5.73 Å². The van der Waals surface area contributed by atoms with Crippen molar-refractivity contribution in [2.45, 2.75) is 63.8 Å². The van der Waals surface area contributed by atoms with Gasteiger partial charge in [0.25, 0.3) is 0 Å². The molecule has 21 heavy (non-hydrogen) atoms. The molecular formula is C16H29N3O2. The van der Waals surface area contributed by atoms with Crippen molar-refractivity contribution >= 4 is 5.91 Å². The Bertz CT molecular complexity index is 424. The molecule has 2 rings (SSSR count). The first kappa shape index (κ1) is 16.5. The largest absolute Gasteiger partial charge is 0.391 e. The highest BCUT2D eigenvalue weighted by molar-refractivity contribution is 5.81. The number of amides is 1. The van der Waals surface area contributed by atoms with E-state index in [1.54, 1.807) is 6.92 Å². The summed E-state index contributed by atoms with van der Waals surface area (Å²) in [5.74, 6) is -0.449. The molecule has 2 fully saturated rings. The summed E-state index contributed by atoms with van der Waals surface area (Å²) in [7, 11) is 0. The molecule has 0 bridgehead atoms. The fourth-order valence-corrected chi connectivity index (χ4v) is 4.35. The molecule has 3 N–H and O–H groups in total. The second-order valence-electron chi connectivity index (χ2n) is 6.46. The van der Waals surface area contributed by atoms with Crippen LogP contribution in [0.5, 0.6) is 0 Å². The van der Waals surface area contributed by atoms with Crippen LogP contribution in [0.4, 0.5) is 0 Å². The minimum atomic E-state index is -0.761. The fraction of sp³-hybridized carbons (Fsp3) is 0.812. The lowest BCUT2D eigenvalue weighted by atomic mass is 9.72. The highest BCUT2D eigenvalue weighted by atomic mass is 16.3. The average Bonchev–Trinajstić information content (AvgIpc) is 2.82. The Morgan fingerprint density at radius 2 is 2.19 bits per heavy atom. The van der Waals surface area contributed by atoms with E-state index in [9.17, 15) is 9.90 Å². The molecule has 0 aromatic heterocycles. The van der Waals surface area contributed by atoms with E-state index >= 15 is 0 Å². The van der Waals surface area contributed by atoms with Crippen LogP contribution in [-0.4, -0.2) is 64.2 Å². The average molecular weight is 295 g/mol. The molecule has 0 radical (unpaired) electrons. The zero-order chi connectivity index (χ0) is 15.8. The van der Waals surface area contributed by atoms with Crippen molar-refractivity contribution in [3.8, 4) is 0 Å². The maximum Gasteiger partial charge on any atom is 0.237 e. The third-order valence-corrected chi connectivity index (χ3v) is 5.29. The Balaban J connectivity index is 2.30. The second-order valence-corrected chi connectivity index (χ2v) is 6.46. The summed E-state index contributed by atoms with van der Waals surface area (Å²) in [6, 6.07) is -0.500. The number of carbonyl (C=O) groups is 1. The molecule has 1 spiro atoms. The van der Waals surface area contributed by atoms with Crippen LogP contribution >= 0.6 is 0 Å². The van der Waals surface area contributed by atoms with Gasteiger partial charge in [-0.3, -0.25) is 14.6 Å². The van der Waals surface area contributed by atoms with Gasteiger partial charge in [-0.2, -0.15) is 0 Å². The van der Waals surface area contributed by atoms with E-state index in [0.29, 0.717) is 0 Å². The molecule has 1 amide bonds. The van der Waals surface area contributed by atoms with Crippen molar-refractivity contribution in [1.29, 1.82) is 0 Å². The van der Waals surface area contributed by atoms with Crippen LogP contribution in [0.1, 0.15) is 40.0 Å². The van der Waals surface area contributed by atoms with Gasteiger partial charge in [-0.1, -0.05) is 26.0 Å². The molecule has 0 aromatic carbocycles.